The molecule has 0 aliphatic carbocycles. The van der Waals surface area contributed by atoms with Crippen LogP contribution in [0.5, 0.6) is 5.75 Å². The predicted octanol–water partition coefficient (Wildman–Crippen LogP) is 2.17. The molecule has 0 amide bonds. The molecule has 2 nitrogen and oxygen atoms in total. The zero-order valence-corrected chi connectivity index (χ0v) is 8.93. The van der Waals surface area contributed by atoms with Crippen molar-refractivity contribution in [1.82, 2.24) is 5.32 Å². The van der Waals surface area contributed by atoms with Gasteiger partial charge in [0.15, 0.2) is 17.4 Å². The number of benzene rings is 1. The van der Waals surface area contributed by atoms with Crippen molar-refractivity contribution in [2.45, 2.75) is 25.9 Å². The summed E-state index contributed by atoms with van der Waals surface area (Å²) >= 11 is 0. The quantitative estimate of drug-likeness (QED) is 0.770. The Labute approximate surface area is 93.3 Å². The minimum atomic E-state index is -0.957. The Kier molecular flexibility index (Phi) is 4.27. The van der Waals surface area contributed by atoms with Crippen molar-refractivity contribution in [2.75, 3.05) is 0 Å². The van der Waals surface area contributed by atoms with E-state index in [1.807, 2.05) is 6.92 Å². The second kappa shape index (κ2) is 5.47. The molecule has 0 heterocycles. The molecule has 1 aromatic carbocycles. The van der Waals surface area contributed by atoms with Gasteiger partial charge >= 0.3 is 0 Å². The Hall–Kier alpha value is -1.60. The third-order valence-corrected chi connectivity index (χ3v) is 2.16. The lowest BCUT2D eigenvalue weighted by Gasteiger charge is -2.11. The highest BCUT2D eigenvalue weighted by molar-refractivity contribution is 5.29. The van der Waals surface area contributed by atoms with Gasteiger partial charge in [-0.05, 0) is 24.6 Å². The van der Waals surface area contributed by atoms with E-state index in [9.17, 15) is 8.78 Å². The van der Waals surface area contributed by atoms with E-state index >= 15 is 0 Å². The molecule has 1 unspecified atom stereocenters. The zero-order valence-electron chi connectivity index (χ0n) is 8.93. The number of nitrogens with one attached hydrogen (secondary N) is 1. The van der Waals surface area contributed by atoms with E-state index in [0.717, 1.165) is 12.1 Å². The number of aromatic hydroxyl groups is 1. The van der Waals surface area contributed by atoms with Gasteiger partial charge in [0.1, 0.15) is 0 Å². The maximum atomic E-state index is 13.0. The summed E-state index contributed by atoms with van der Waals surface area (Å²) in [6.07, 6.45) is 5.67. The largest absolute Gasteiger partial charge is 0.503 e. The molecule has 16 heavy (non-hydrogen) atoms. The molecule has 0 radical (unpaired) electrons. The summed E-state index contributed by atoms with van der Waals surface area (Å²) in [6, 6.07) is 2.26. The fraction of sp³-hybridized carbons (Fsp3) is 0.333. The molecule has 0 aliphatic heterocycles. The standard InChI is InChI=1S/C12H13F2NO/c1-3-4-8(2)15-7-9-5-10(13)12(16)11(14)6-9/h1,5-6,8,15-16H,4,7H2,2H3. The maximum Gasteiger partial charge on any atom is 0.187 e. The molecule has 2 N–H and O–H groups in total. The second-order valence-corrected chi connectivity index (χ2v) is 3.60. The van der Waals surface area contributed by atoms with Crippen LogP contribution in [0.2, 0.25) is 0 Å². The second-order valence-electron chi connectivity index (χ2n) is 3.60. The Bertz CT molecular complexity index is 389. The van der Waals surface area contributed by atoms with Crippen LogP contribution in [0, 0.1) is 24.0 Å². The minimum Gasteiger partial charge on any atom is -0.503 e. The molecule has 1 rings (SSSR count). The number of phenols is 1. The van der Waals surface area contributed by atoms with Crippen molar-refractivity contribution < 1.29 is 13.9 Å². The Morgan fingerprint density at radius 2 is 2.00 bits per heavy atom. The summed E-state index contributed by atoms with van der Waals surface area (Å²) in [5, 5.41) is 11.9. The monoisotopic (exact) mass is 225 g/mol. The van der Waals surface area contributed by atoms with Crippen molar-refractivity contribution in [2.24, 2.45) is 0 Å². The molecule has 1 atom stereocenters. The molecule has 0 saturated heterocycles. The van der Waals surface area contributed by atoms with Crippen LogP contribution in [0.1, 0.15) is 18.9 Å². The van der Waals surface area contributed by atoms with Gasteiger partial charge in [-0.1, -0.05) is 0 Å². The van der Waals surface area contributed by atoms with Crippen LogP contribution in [0.3, 0.4) is 0 Å². The van der Waals surface area contributed by atoms with Crippen LogP contribution in [0.25, 0.3) is 0 Å². The van der Waals surface area contributed by atoms with E-state index < -0.39 is 17.4 Å². The molecular formula is C12H13F2NO. The molecule has 0 saturated carbocycles. The van der Waals surface area contributed by atoms with Crippen LogP contribution in [0.4, 0.5) is 8.78 Å². The molecule has 0 aromatic heterocycles. The Balaban J connectivity index is 2.65. The van der Waals surface area contributed by atoms with E-state index in [2.05, 4.69) is 11.2 Å². The SMILES string of the molecule is C#CCC(C)NCc1cc(F)c(O)c(F)c1. The van der Waals surface area contributed by atoms with Crippen LogP contribution in [0.15, 0.2) is 12.1 Å². The summed E-state index contributed by atoms with van der Waals surface area (Å²) in [4.78, 5) is 0. The van der Waals surface area contributed by atoms with E-state index in [-0.39, 0.29) is 6.04 Å². The topological polar surface area (TPSA) is 32.3 Å². The smallest absolute Gasteiger partial charge is 0.187 e. The van der Waals surface area contributed by atoms with Crippen LogP contribution < -0.4 is 5.32 Å². The van der Waals surface area contributed by atoms with Crippen LogP contribution in [-0.4, -0.2) is 11.1 Å². The van der Waals surface area contributed by atoms with Gasteiger partial charge in [0, 0.05) is 19.0 Å². The Morgan fingerprint density at radius 3 is 2.50 bits per heavy atom. The van der Waals surface area contributed by atoms with Crippen molar-refractivity contribution in [1.29, 1.82) is 0 Å². The normalized spacial score (nSPS) is 12.1. The summed E-state index contributed by atoms with van der Waals surface area (Å²) in [5.74, 6) is -0.373. The number of hydrogen-bond donors (Lipinski definition) is 2. The van der Waals surface area contributed by atoms with Gasteiger partial charge in [0.05, 0.1) is 0 Å². The molecule has 0 fully saturated rings. The summed E-state index contributed by atoms with van der Waals surface area (Å²) in [5.41, 5.74) is 0.427. The van der Waals surface area contributed by atoms with Crippen molar-refractivity contribution in [3.63, 3.8) is 0 Å². The molecule has 0 spiro atoms. The van der Waals surface area contributed by atoms with E-state index in [0.29, 0.717) is 18.5 Å². The van der Waals surface area contributed by atoms with Crippen molar-refractivity contribution in [3.8, 4) is 18.1 Å². The lowest BCUT2D eigenvalue weighted by Crippen LogP contribution is -2.24. The van der Waals surface area contributed by atoms with Gasteiger partial charge in [-0.15, -0.1) is 12.3 Å². The molecule has 1 aromatic rings. The fourth-order valence-electron chi connectivity index (χ4n) is 1.26. The maximum absolute atomic E-state index is 13.0. The molecule has 0 bridgehead atoms. The average Bonchev–Trinajstić information content (AvgIpc) is 2.23. The minimum absolute atomic E-state index is 0.0740. The first-order valence-electron chi connectivity index (χ1n) is 4.88. The van der Waals surface area contributed by atoms with Gasteiger partial charge in [0.2, 0.25) is 0 Å². The van der Waals surface area contributed by atoms with Gasteiger partial charge in [-0.2, -0.15) is 0 Å². The molecular weight excluding hydrogens is 212 g/mol. The number of hydrogen-bond acceptors (Lipinski definition) is 2. The number of halogens is 2. The first kappa shape index (κ1) is 12.5. The van der Waals surface area contributed by atoms with Crippen molar-refractivity contribution in [3.05, 3.63) is 29.3 Å². The molecule has 0 aliphatic rings. The number of terminal acetylenes is 1. The highest BCUT2D eigenvalue weighted by atomic mass is 19.1. The summed E-state index contributed by atoms with van der Waals surface area (Å²) < 4.78 is 25.9. The van der Waals surface area contributed by atoms with E-state index in [1.54, 1.807) is 0 Å². The number of phenolic OH excluding ortho intramolecular Hbond substituents is 1. The highest BCUT2D eigenvalue weighted by Gasteiger charge is 2.09. The van der Waals surface area contributed by atoms with Gasteiger partial charge < -0.3 is 10.4 Å². The third kappa shape index (κ3) is 3.21. The van der Waals surface area contributed by atoms with Crippen LogP contribution in [-0.2, 0) is 6.54 Å². The predicted molar refractivity (Wildman–Crippen MR) is 57.8 cm³/mol. The zero-order chi connectivity index (χ0) is 12.1. The van der Waals surface area contributed by atoms with Crippen LogP contribution >= 0.6 is 0 Å². The van der Waals surface area contributed by atoms with Gasteiger partial charge in [-0.25, -0.2) is 8.78 Å². The van der Waals surface area contributed by atoms with E-state index in [4.69, 9.17) is 11.5 Å². The highest BCUT2D eigenvalue weighted by Crippen LogP contribution is 2.21. The number of rotatable bonds is 4. The first-order chi connectivity index (χ1) is 7.54. The summed E-state index contributed by atoms with van der Waals surface area (Å²) in [6.45, 7) is 2.18. The lowest BCUT2D eigenvalue weighted by molar-refractivity contribution is 0.394. The molecule has 86 valence electrons. The lowest BCUT2D eigenvalue weighted by atomic mass is 10.1. The Morgan fingerprint density at radius 1 is 1.44 bits per heavy atom. The van der Waals surface area contributed by atoms with Gasteiger partial charge in [0.25, 0.3) is 0 Å². The molecule has 4 heteroatoms. The van der Waals surface area contributed by atoms with E-state index in [1.165, 1.54) is 0 Å². The summed E-state index contributed by atoms with van der Waals surface area (Å²) in [7, 11) is 0. The fourth-order valence-corrected chi connectivity index (χ4v) is 1.26. The average molecular weight is 225 g/mol. The first-order valence-corrected chi connectivity index (χ1v) is 4.88. The third-order valence-electron chi connectivity index (χ3n) is 2.16. The van der Waals surface area contributed by atoms with Crippen molar-refractivity contribution >= 4 is 0 Å². The van der Waals surface area contributed by atoms with Gasteiger partial charge in [-0.3, -0.25) is 0 Å².